The minimum absolute atomic E-state index is 0.0797. The molecular weight excluding hydrogens is 617 g/mol. The zero-order valence-electron chi connectivity index (χ0n) is 26.8. The van der Waals surface area contributed by atoms with Crippen molar-refractivity contribution in [3.8, 4) is 0 Å². The highest BCUT2D eigenvalue weighted by Gasteiger charge is 2.44. The molecule has 1 fully saturated rings. The van der Waals surface area contributed by atoms with Crippen LogP contribution in [0.25, 0.3) is 11.6 Å². The van der Waals surface area contributed by atoms with Gasteiger partial charge in [0.2, 0.25) is 11.8 Å². The number of unbranched alkanes of at least 4 members (excludes halogenated alkanes) is 4. The molecule has 0 saturated carbocycles. The van der Waals surface area contributed by atoms with E-state index in [9.17, 15) is 33.2 Å². The van der Waals surface area contributed by atoms with E-state index >= 15 is 0 Å². The molecule has 48 heavy (non-hydrogen) atoms. The highest BCUT2D eigenvalue weighted by molar-refractivity contribution is 6.35. The van der Waals surface area contributed by atoms with Crippen molar-refractivity contribution in [1.82, 2.24) is 20.5 Å². The van der Waals surface area contributed by atoms with Gasteiger partial charge in [-0.05, 0) is 87.1 Å². The summed E-state index contributed by atoms with van der Waals surface area (Å²) in [6.45, 7) is 4.13. The first-order valence-electron chi connectivity index (χ1n) is 16.2. The van der Waals surface area contributed by atoms with Crippen molar-refractivity contribution in [2.45, 2.75) is 71.3 Å². The Balaban J connectivity index is 0.943. The van der Waals surface area contributed by atoms with Gasteiger partial charge < -0.3 is 15.6 Å². The Bertz CT molecular complexity index is 1910. The van der Waals surface area contributed by atoms with E-state index in [0.717, 1.165) is 49.0 Å². The number of hydrogen-bond donors (Lipinski definition) is 4. The predicted molar refractivity (Wildman–Crippen MR) is 175 cm³/mol. The van der Waals surface area contributed by atoms with Gasteiger partial charge in [-0.15, -0.1) is 0 Å². The molecule has 4 heterocycles. The number of nitrogens with one attached hydrogen (secondary N) is 4. The van der Waals surface area contributed by atoms with Crippen molar-refractivity contribution in [1.29, 1.82) is 0 Å². The minimum atomic E-state index is -0.979. The summed E-state index contributed by atoms with van der Waals surface area (Å²) in [7, 11) is 0. The zero-order chi connectivity index (χ0) is 34.1. The molecule has 1 aromatic heterocycles. The maximum Gasteiger partial charge on any atom is 0.262 e. The lowest BCUT2D eigenvalue weighted by molar-refractivity contribution is -0.136. The molecule has 0 spiro atoms. The van der Waals surface area contributed by atoms with Crippen molar-refractivity contribution in [3.05, 3.63) is 87.0 Å². The summed E-state index contributed by atoms with van der Waals surface area (Å²) in [6.07, 6.45) is 7.12. The van der Waals surface area contributed by atoms with E-state index in [1.165, 1.54) is 18.2 Å². The number of aromatic nitrogens is 1. The summed E-state index contributed by atoms with van der Waals surface area (Å²) in [6, 6.07) is 8.35. The minimum Gasteiger partial charge on any atom is -0.358 e. The first kappa shape index (κ1) is 32.5. The number of benzene rings is 2. The van der Waals surface area contributed by atoms with Gasteiger partial charge in [0.15, 0.2) is 0 Å². The molecule has 0 aliphatic carbocycles. The van der Waals surface area contributed by atoms with Crippen LogP contribution in [-0.4, -0.2) is 57.9 Å². The highest BCUT2D eigenvalue weighted by Crippen LogP contribution is 2.34. The van der Waals surface area contributed by atoms with Gasteiger partial charge in [0.05, 0.1) is 22.3 Å². The molecular formula is C36H36FN5O6. The Morgan fingerprint density at radius 2 is 1.67 bits per heavy atom. The molecule has 0 bridgehead atoms. The number of carbonyl (C=O) groups is 6. The fourth-order valence-electron chi connectivity index (χ4n) is 6.66. The third-order valence-electron chi connectivity index (χ3n) is 9.19. The Morgan fingerprint density at radius 3 is 2.46 bits per heavy atom. The van der Waals surface area contributed by atoms with Gasteiger partial charge in [0, 0.05) is 35.6 Å². The van der Waals surface area contributed by atoms with E-state index in [2.05, 4.69) is 20.9 Å². The molecule has 1 saturated heterocycles. The molecule has 1 atom stereocenters. The van der Waals surface area contributed by atoms with E-state index in [0.29, 0.717) is 51.4 Å². The number of amides is 6. The lowest BCUT2D eigenvalue weighted by atomic mass is 10.0. The molecule has 4 N–H and O–H groups in total. The smallest absolute Gasteiger partial charge is 0.262 e. The number of rotatable bonds is 11. The first-order valence-corrected chi connectivity index (χ1v) is 16.2. The molecule has 0 radical (unpaired) electrons. The molecule has 248 valence electrons. The number of anilines is 1. The molecule has 3 aromatic rings. The number of nitrogens with zero attached hydrogens (tertiary/aromatic N) is 1. The van der Waals surface area contributed by atoms with Gasteiger partial charge in [-0.25, -0.2) is 4.39 Å². The normalized spacial score (nSPS) is 17.9. The average Bonchev–Trinajstić information content (AvgIpc) is 3.60. The van der Waals surface area contributed by atoms with E-state index in [-0.39, 0.29) is 30.2 Å². The van der Waals surface area contributed by atoms with Crippen LogP contribution in [0.2, 0.25) is 0 Å². The lowest BCUT2D eigenvalue weighted by Crippen LogP contribution is -2.54. The van der Waals surface area contributed by atoms with Crippen LogP contribution in [0.1, 0.15) is 104 Å². The highest BCUT2D eigenvalue weighted by atomic mass is 19.1. The molecule has 1 unspecified atom stereocenters. The van der Waals surface area contributed by atoms with E-state index in [1.54, 1.807) is 25.1 Å². The number of aromatic amines is 1. The van der Waals surface area contributed by atoms with E-state index in [4.69, 9.17) is 0 Å². The van der Waals surface area contributed by atoms with Crippen molar-refractivity contribution in [2.24, 2.45) is 0 Å². The van der Waals surface area contributed by atoms with E-state index in [1.807, 2.05) is 13.0 Å². The Kier molecular flexibility index (Phi) is 9.07. The fraction of sp³-hybridized carbons (Fsp3) is 0.333. The Hall–Kier alpha value is -5.39. The summed E-state index contributed by atoms with van der Waals surface area (Å²) < 4.78 is 13.8. The fourth-order valence-corrected chi connectivity index (χ4v) is 6.66. The van der Waals surface area contributed by atoms with Crippen LogP contribution >= 0.6 is 0 Å². The van der Waals surface area contributed by atoms with Gasteiger partial charge >= 0.3 is 0 Å². The van der Waals surface area contributed by atoms with Crippen molar-refractivity contribution in [3.63, 3.8) is 0 Å². The summed E-state index contributed by atoms with van der Waals surface area (Å²) in [5.41, 5.74) is 5.38. The summed E-state index contributed by atoms with van der Waals surface area (Å²) in [4.78, 5) is 79.4. The summed E-state index contributed by atoms with van der Waals surface area (Å²) >= 11 is 0. The number of H-pyrrole nitrogens is 1. The Labute approximate surface area is 276 Å². The van der Waals surface area contributed by atoms with Crippen LogP contribution in [-0.2, 0) is 20.8 Å². The number of fused-ring (bicyclic) bond motifs is 2. The zero-order valence-corrected chi connectivity index (χ0v) is 26.8. The number of halogens is 1. The molecule has 3 aliphatic heterocycles. The van der Waals surface area contributed by atoms with Crippen molar-refractivity contribution in [2.75, 3.05) is 11.9 Å². The lowest BCUT2D eigenvalue weighted by Gasteiger charge is -2.27. The van der Waals surface area contributed by atoms with Crippen LogP contribution in [0.4, 0.5) is 10.1 Å². The van der Waals surface area contributed by atoms with Crippen LogP contribution in [0.15, 0.2) is 36.4 Å². The van der Waals surface area contributed by atoms with Crippen LogP contribution in [0.3, 0.4) is 0 Å². The monoisotopic (exact) mass is 653 g/mol. The van der Waals surface area contributed by atoms with Crippen LogP contribution in [0.5, 0.6) is 0 Å². The number of carbonyl (C=O) groups excluding carboxylic acids is 6. The second-order valence-electron chi connectivity index (χ2n) is 12.5. The van der Waals surface area contributed by atoms with Crippen molar-refractivity contribution >= 4 is 52.8 Å². The number of imide groups is 2. The summed E-state index contributed by atoms with van der Waals surface area (Å²) in [5, 5.41) is 7.92. The van der Waals surface area contributed by atoms with E-state index < -0.39 is 35.5 Å². The quantitative estimate of drug-likeness (QED) is 0.135. The van der Waals surface area contributed by atoms with Crippen molar-refractivity contribution < 1.29 is 33.2 Å². The topological polar surface area (TPSA) is 158 Å². The third-order valence-corrected chi connectivity index (χ3v) is 9.19. The predicted octanol–water partition coefficient (Wildman–Crippen LogP) is 4.59. The molecule has 2 aromatic carbocycles. The average molecular weight is 654 g/mol. The van der Waals surface area contributed by atoms with Gasteiger partial charge in [-0.3, -0.25) is 39.0 Å². The molecule has 12 heteroatoms. The summed E-state index contributed by atoms with van der Waals surface area (Å²) in [5.74, 6) is -3.01. The number of piperidine rings is 1. The standard InChI is InChI=1S/C36H36FN5O6/c1-19-28(18-25-24-17-22(37)10-12-27(24)40-32(25)44)39-20(2)31(19)34(46)38-15-7-5-3-4-6-8-21-9-11-23-26(16-21)36(48)42(35(23)47)29-13-14-30(43)41-33(29)45/h9-12,16-18,29,39H,3-8,13-15H2,1-2H3,(H,38,46)(H,40,44)(H,41,43,45)/b25-18-. The Morgan fingerprint density at radius 1 is 0.917 bits per heavy atom. The van der Waals surface area contributed by atoms with Gasteiger partial charge in [-0.2, -0.15) is 0 Å². The van der Waals surface area contributed by atoms with Gasteiger partial charge in [-0.1, -0.05) is 25.3 Å². The number of aryl methyl sites for hydroxylation is 2. The van der Waals surface area contributed by atoms with Crippen LogP contribution in [0, 0.1) is 19.7 Å². The second kappa shape index (κ2) is 13.4. The molecule has 3 aliphatic rings. The molecule has 11 nitrogen and oxygen atoms in total. The largest absolute Gasteiger partial charge is 0.358 e. The van der Waals surface area contributed by atoms with Gasteiger partial charge in [0.25, 0.3) is 23.6 Å². The van der Waals surface area contributed by atoms with Crippen LogP contribution < -0.4 is 16.0 Å². The van der Waals surface area contributed by atoms with Gasteiger partial charge in [0.1, 0.15) is 11.9 Å². The SMILES string of the molecule is Cc1[nH]c(/C=C2\C(=O)Nc3ccc(F)cc32)c(C)c1C(=O)NCCCCCCCc1ccc2c(c1)C(=O)N(C1CCC(=O)NC1=O)C2=O. The number of hydrogen-bond acceptors (Lipinski definition) is 6. The maximum absolute atomic E-state index is 13.8. The molecule has 6 rings (SSSR count). The molecule has 6 amide bonds. The maximum atomic E-state index is 13.8. The first-order chi connectivity index (χ1) is 23.0. The second-order valence-corrected chi connectivity index (χ2v) is 12.5. The third kappa shape index (κ3) is 6.29.